The van der Waals surface area contributed by atoms with Gasteiger partial charge in [0.15, 0.2) is 6.10 Å². The van der Waals surface area contributed by atoms with Crippen molar-refractivity contribution in [3.63, 3.8) is 0 Å². The number of aliphatic carboxylic acids is 1. The van der Waals surface area contributed by atoms with E-state index in [2.05, 4.69) is 62.5 Å². The van der Waals surface area contributed by atoms with Gasteiger partial charge in [0.05, 0.1) is 40.3 Å². The molecule has 0 amide bonds. The first-order valence-electron chi connectivity index (χ1n) is 23.7. The molecular weight excluding hydrogens is 727 g/mol. The molecule has 8 heteroatoms. The van der Waals surface area contributed by atoms with E-state index in [0.717, 1.165) is 70.6 Å². The predicted molar refractivity (Wildman–Crippen MR) is 240 cm³/mol. The Morgan fingerprint density at radius 3 is 1.47 bits per heavy atom. The van der Waals surface area contributed by atoms with Gasteiger partial charge in [0.1, 0.15) is 12.6 Å². The van der Waals surface area contributed by atoms with Crippen LogP contribution in [-0.4, -0.2) is 75.5 Å². The minimum Gasteiger partial charge on any atom is -0.544 e. The largest absolute Gasteiger partial charge is 0.544 e. The predicted octanol–water partition coefficient (Wildman–Crippen LogP) is 11.9. The summed E-state index contributed by atoms with van der Waals surface area (Å²) in [5.41, 5.74) is 0. The zero-order valence-electron chi connectivity index (χ0n) is 38.2. The van der Waals surface area contributed by atoms with Crippen LogP contribution in [0.25, 0.3) is 0 Å². The smallest absolute Gasteiger partial charge is 0.306 e. The summed E-state index contributed by atoms with van der Waals surface area (Å²) >= 11 is 0. The lowest BCUT2D eigenvalue weighted by Crippen LogP contribution is -2.55. The molecule has 0 aromatic heterocycles. The number of carbonyl (C=O) groups is 3. The van der Waals surface area contributed by atoms with Crippen LogP contribution in [0.5, 0.6) is 0 Å². The summed E-state index contributed by atoms with van der Waals surface area (Å²) in [5.74, 6) is -1.76. The second-order valence-corrected chi connectivity index (χ2v) is 17.0. The molecule has 0 rings (SSSR count). The number of carboxylic acids is 1. The first kappa shape index (κ1) is 55.3. The van der Waals surface area contributed by atoms with Gasteiger partial charge in [-0.1, -0.05) is 159 Å². The molecule has 0 aromatic carbocycles. The number of carbonyl (C=O) groups excluding carboxylic acids is 3. The fraction of sp³-hybridized carbons (Fsp3) is 0.780. The molecule has 0 aliphatic rings. The van der Waals surface area contributed by atoms with Gasteiger partial charge in [-0.15, -0.1) is 0 Å². The van der Waals surface area contributed by atoms with E-state index >= 15 is 0 Å². The summed E-state index contributed by atoms with van der Waals surface area (Å²) in [7, 11) is 5.40. The maximum Gasteiger partial charge on any atom is 0.306 e. The number of likely N-dealkylation sites (N-methyl/N-ethyl adjacent to an activating group) is 1. The summed E-state index contributed by atoms with van der Waals surface area (Å²) in [6.45, 7) is 4.54. The number of quaternary nitrogens is 1. The molecule has 0 fully saturated rings. The van der Waals surface area contributed by atoms with Crippen LogP contribution in [0.4, 0.5) is 0 Å². The van der Waals surface area contributed by atoms with Gasteiger partial charge in [0.2, 0.25) is 0 Å². The molecule has 336 valence electrons. The van der Waals surface area contributed by atoms with E-state index in [1.54, 1.807) is 21.1 Å². The summed E-state index contributed by atoms with van der Waals surface area (Å²) in [4.78, 5) is 36.9. The number of unbranched alkanes of at least 4 members (excludes halogenated alkanes) is 20. The standard InChI is InChI=1S/C50H89NO7/c1-6-8-10-12-14-16-18-20-22-23-24-25-26-27-29-30-32-34-36-38-40-48(52)57-45-46(44-56-43-42-47(50(54)55)51(3,4)5)58-49(53)41-39-37-35-33-31-28-21-19-17-15-13-11-9-7-2/h8,10,14,16,20,22,28,31,46-47H,6-7,9,11-13,15,17-19,21,23-27,29-30,32-45H2,1-5H3/b10-8+,16-14+,22-20+,31-28+. The first-order valence-corrected chi connectivity index (χ1v) is 23.7. The van der Waals surface area contributed by atoms with Crippen molar-refractivity contribution in [2.45, 2.75) is 212 Å². The second kappa shape index (κ2) is 41.0. The number of allylic oxidation sites excluding steroid dienone is 8. The van der Waals surface area contributed by atoms with Crippen molar-refractivity contribution >= 4 is 17.9 Å². The Hall–Kier alpha value is -2.71. The molecule has 0 aliphatic carbocycles. The Labute approximate surface area is 356 Å². The second-order valence-electron chi connectivity index (χ2n) is 17.0. The third-order valence-corrected chi connectivity index (χ3v) is 10.4. The molecule has 0 heterocycles. The van der Waals surface area contributed by atoms with Crippen molar-refractivity contribution in [2.24, 2.45) is 0 Å². The monoisotopic (exact) mass is 816 g/mol. The van der Waals surface area contributed by atoms with Gasteiger partial charge < -0.3 is 28.6 Å². The minimum atomic E-state index is -1.13. The highest BCUT2D eigenvalue weighted by Gasteiger charge is 2.25. The maximum atomic E-state index is 12.7. The van der Waals surface area contributed by atoms with Gasteiger partial charge >= 0.3 is 11.9 Å². The third-order valence-electron chi connectivity index (χ3n) is 10.4. The van der Waals surface area contributed by atoms with E-state index in [9.17, 15) is 19.5 Å². The van der Waals surface area contributed by atoms with Gasteiger partial charge in [-0.2, -0.15) is 0 Å². The van der Waals surface area contributed by atoms with Crippen molar-refractivity contribution in [1.29, 1.82) is 0 Å². The first-order chi connectivity index (χ1) is 28.1. The van der Waals surface area contributed by atoms with Gasteiger partial charge in [-0.3, -0.25) is 9.59 Å². The zero-order valence-corrected chi connectivity index (χ0v) is 38.2. The summed E-state index contributed by atoms with van der Waals surface area (Å²) in [5, 5.41) is 11.6. The third kappa shape index (κ3) is 38.8. The number of esters is 2. The summed E-state index contributed by atoms with van der Waals surface area (Å²) < 4.78 is 17.2. The highest BCUT2D eigenvalue weighted by atomic mass is 16.6. The van der Waals surface area contributed by atoms with E-state index in [0.29, 0.717) is 12.8 Å². The fourth-order valence-electron chi connectivity index (χ4n) is 6.79. The molecule has 2 unspecified atom stereocenters. The molecule has 0 aromatic rings. The van der Waals surface area contributed by atoms with Crippen molar-refractivity contribution in [3.8, 4) is 0 Å². The van der Waals surface area contributed by atoms with Crippen LogP contribution in [0, 0.1) is 0 Å². The minimum absolute atomic E-state index is 0.0337. The molecule has 0 saturated carbocycles. The SMILES string of the molecule is CC/C=C/C/C=C/C/C=C/CCCCCCCCCCCCC(=O)OCC(COCCC(C(=O)[O-])[N+](C)(C)C)OC(=O)CCCCC/C=C/CCCCCCCCC. The Kier molecular flexibility index (Phi) is 39.1. The van der Waals surface area contributed by atoms with Crippen LogP contribution in [-0.2, 0) is 28.6 Å². The molecular formula is C50H89NO7. The van der Waals surface area contributed by atoms with E-state index in [-0.39, 0.29) is 42.7 Å². The lowest BCUT2D eigenvalue weighted by atomic mass is 10.1. The van der Waals surface area contributed by atoms with Crippen molar-refractivity contribution < 1.29 is 38.2 Å². The van der Waals surface area contributed by atoms with Gasteiger partial charge in [0, 0.05) is 19.3 Å². The molecule has 0 saturated heterocycles. The normalized spacial score (nSPS) is 13.3. The highest BCUT2D eigenvalue weighted by Crippen LogP contribution is 2.14. The molecule has 0 bridgehead atoms. The van der Waals surface area contributed by atoms with Crippen molar-refractivity contribution in [1.82, 2.24) is 0 Å². The van der Waals surface area contributed by atoms with Crippen LogP contribution in [0.2, 0.25) is 0 Å². The Bertz CT molecular complexity index is 1090. The number of hydrogen-bond donors (Lipinski definition) is 0. The number of carboxylic acid groups (broad SMARTS) is 1. The molecule has 0 spiro atoms. The Morgan fingerprint density at radius 2 is 0.966 bits per heavy atom. The molecule has 0 aliphatic heterocycles. The Morgan fingerprint density at radius 1 is 0.534 bits per heavy atom. The quantitative estimate of drug-likeness (QED) is 0.0262. The van der Waals surface area contributed by atoms with Gasteiger partial charge in [-0.25, -0.2) is 0 Å². The van der Waals surface area contributed by atoms with E-state index in [1.807, 2.05) is 0 Å². The summed E-state index contributed by atoms with van der Waals surface area (Å²) in [6, 6.07) is -0.729. The highest BCUT2D eigenvalue weighted by molar-refractivity contribution is 5.70. The van der Waals surface area contributed by atoms with E-state index < -0.39 is 18.1 Å². The van der Waals surface area contributed by atoms with Gasteiger partial charge in [0.25, 0.3) is 0 Å². The number of rotatable bonds is 42. The molecule has 8 nitrogen and oxygen atoms in total. The van der Waals surface area contributed by atoms with Crippen LogP contribution >= 0.6 is 0 Å². The zero-order chi connectivity index (χ0) is 42.8. The average molecular weight is 816 g/mol. The van der Waals surface area contributed by atoms with E-state index in [4.69, 9.17) is 14.2 Å². The molecule has 0 radical (unpaired) electrons. The molecule has 0 N–H and O–H groups in total. The van der Waals surface area contributed by atoms with Crippen LogP contribution in [0.3, 0.4) is 0 Å². The topological polar surface area (TPSA) is 102 Å². The Balaban J connectivity index is 4.28. The van der Waals surface area contributed by atoms with Crippen molar-refractivity contribution in [3.05, 3.63) is 48.6 Å². The van der Waals surface area contributed by atoms with Gasteiger partial charge in [-0.05, 0) is 70.6 Å². The lowest BCUT2D eigenvalue weighted by molar-refractivity contribution is -0.889. The molecule has 2 atom stereocenters. The summed E-state index contributed by atoms with van der Waals surface area (Å²) in [6.07, 6.45) is 48.5. The van der Waals surface area contributed by atoms with Crippen LogP contribution in [0.15, 0.2) is 48.6 Å². The average Bonchev–Trinajstić information content (AvgIpc) is 3.18. The molecule has 58 heavy (non-hydrogen) atoms. The van der Waals surface area contributed by atoms with Crippen molar-refractivity contribution in [2.75, 3.05) is 41.0 Å². The number of ether oxygens (including phenoxy) is 3. The fourth-order valence-corrected chi connectivity index (χ4v) is 6.79. The van der Waals surface area contributed by atoms with Crippen LogP contribution < -0.4 is 5.11 Å². The van der Waals surface area contributed by atoms with Crippen LogP contribution in [0.1, 0.15) is 200 Å². The number of hydrogen-bond acceptors (Lipinski definition) is 7. The lowest BCUT2D eigenvalue weighted by Gasteiger charge is -2.34. The van der Waals surface area contributed by atoms with E-state index in [1.165, 1.54) is 96.3 Å². The number of nitrogens with zero attached hydrogens (tertiary/aromatic N) is 1. The maximum absolute atomic E-state index is 12.7.